The van der Waals surface area contributed by atoms with Crippen molar-refractivity contribution in [3.8, 4) is 0 Å². The van der Waals surface area contributed by atoms with E-state index < -0.39 is 0 Å². The van der Waals surface area contributed by atoms with Crippen LogP contribution in [0.15, 0.2) is 12.3 Å². The number of nitrogens with zero attached hydrogens (tertiary/aromatic N) is 2. The van der Waals surface area contributed by atoms with E-state index in [4.69, 9.17) is 18.0 Å². The lowest BCUT2D eigenvalue weighted by Crippen LogP contribution is -2.18. The standard InChI is InChI=1S/C11H16N4S/c1-2-11(4-5-11)7-14-10-13-6-3-8(15-10)9(12)16/h3,6H,2,4-5,7H2,1H3,(H2,12,16)(H,13,14,15). The monoisotopic (exact) mass is 236 g/mol. The van der Waals surface area contributed by atoms with Crippen molar-refractivity contribution < 1.29 is 0 Å². The highest BCUT2D eigenvalue weighted by atomic mass is 32.1. The second-order valence-electron chi connectivity index (χ2n) is 4.34. The van der Waals surface area contributed by atoms with E-state index in [1.165, 1.54) is 19.3 Å². The zero-order valence-electron chi connectivity index (χ0n) is 9.36. The minimum Gasteiger partial charge on any atom is -0.388 e. The molecule has 0 saturated heterocycles. The Balaban J connectivity index is 1.99. The molecule has 1 aromatic heterocycles. The van der Waals surface area contributed by atoms with Gasteiger partial charge in [0, 0.05) is 12.7 Å². The van der Waals surface area contributed by atoms with Crippen LogP contribution in [0.4, 0.5) is 5.95 Å². The highest BCUT2D eigenvalue weighted by Crippen LogP contribution is 2.48. The number of rotatable bonds is 5. The fourth-order valence-electron chi connectivity index (χ4n) is 1.68. The van der Waals surface area contributed by atoms with Gasteiger partial charge in [-0.05, 0) is 30.7 Å². The molecular formula is C11H16N4S. The van der Waals surface area contributed by atoms with E-state index in [0.717, 1.165) is 6.54 Å². The maximum Gasteiger partial charge on any atom is 0.223 e. The van der Waals surface area contributed by atoms with Crippen molar-refractivity contribution in [1.82, 2.24) is 9.97 Å². The maximum atomic E-state index is 5.52. The van der Waals surface area contributed by atoms with Crippen molar-refractivity contribution >= 4 is 23.2 Å². The molecule has 0 aromatic carbocycles. The van der Waals surface area contributed by atoms with Gasteiger partial charge in [0.2, 0.25) is 5.95 Å². The molecule has 86 valence electrons. The average Bonchev–Trinajstić information content (AvgIpc) is 3.07. The molecule has 1 aliphatic rings. The van der Waals surface area contributed by atoms with Crippen LogP contribution in [-0.2, 0) is 0 Å². The molecular weight excluding hydrogens is 220 g/mol. The summed E-state index contributed by atoms with van der Waals surface area (Å²) in [6.07, 6.45) is 5.47. The van der Waals surface area contributed by atoms with Crippen molar-refractivity contribution in [2.45, 2.75) is 26.2 Å². The number of hydrogen-bond donors (Lipinski definition) is 2. The van der Waals surface area contributed by atoms with E-state index in [2.05, 4.69) is 22.2 Å². The molecule has 1 saturated carbocycles. The normalized spacial score (nSPS) is 16.8. The van der Waals surface area contributed by atoms with Crippen LogP contribution in [0.3, 0.4) is 0 Å². The lowest BCUT2D eigenvalue weighted by atomic mass is 10.0. The fraction of sp³-hybridized carbons (Fsp3) is 0.545. The molecule has 5 heteroatoms. The summed E-state index contributed by atoms with van der Waals surface area (Å²) in [5, 5.41) is 3.26. The summed E-state index contributed by atoms with van der Waals surface area (Å²) < 4.78 is 0. The Morgan fingerprint density at radius 1 is 1.62 bits per heavy atom. The number of nitrogens with one attached hydrogen (secondary N) is 1. The molecule has 4 nitrogen and oxygen atoms in total. The first kappa shape index (κ1) is 11.3. The predicted molar refractivity (Wildman–Crippen MR) is 68.4 cm³/mol. The second kappa shape index (κ2) is 4.33. The van der Waals surface area contributed by atoms with Gasteiger partial charge in [0.05, 0.1) is 0 Å². The summed E-state index contributed by atoms with van der Waals surface area (Å²) in [5.41, 5.74) is 6.61. The topological polar surface area (TPSA) is 63.8 Å². The van der Waals surface area contributed by atoms with Crippen molar-refractivity contribution in [2.24, 2.45) is 11.1 Å². The Labute approximate surface area is 101 Å². The molecule has 0 unspecified atom stereocenters. The molecule has 0 bridgehead atoms. The molecule has 0 spiro atoms. The van der Waals surface area contributed by atoms with E-state index >= 15 is 0 Å². The highest BCUT2D eigenvalue weighted by molar-refractivity contribution is 7.80. The van der Waals surface area contributed by atoms with Crippen molar-refractivity contribution in [3.05, 3.63) is 18.0 Å². The van der Waals surface area contributed by atoms with Gasteiger partial charge in [-0.25, -0.2) is 9.97 Å². The zero-order chi connectivity index (χ0) is 11.6. The minimum atomic E-state index is 0.307. The summed E-state index contributed by atoms with van der Waals surface area (Å²) in [5.74, 6) is 0.616. The molecule has 1 fully saturated rings. The third-order valence-electron chi connectivity index (χ3n) is 3.24. The first-order chi connectivity index (χ1) is 7.65. The van der Waals surface area contributed by atoms with Crippen LogP contribution in [0.1, 0.15) is 31.9 Å². The van der Waals surface area contributed by atoms with Crippen LogP contribution in [-0.4, -0.2) is 21.5 Å². The number of hydrogen-bond acceptors (Lipinski definition) is 4. The van der Waals surface area contributed by atoms with Gasteiger partial charge in [0.15, 0.2) is 0 Å². The van der Waals surface area contributed by atoms with Gasteiger partial charge in [-0.15, -0.1) is 0 Å². The Bertz CT molecular complexity index is 401. The van der Waals surface area contributed by atoms with Crippen LogP contribution in [0.5, 0.6) is 0 Å². The second-order valence-corrected chi connectivity index (χ2v) is 4.78. The molecule has 0 aliphatic heterocycles. The molecule has 0 radical (unpaired) electrons. The van der Waals surface area contributed by atoms with Crippen molar-refractivity contribution in [1.29, 1.82) is 0 Å². The van der Waals surface area contributed by atoms with Gasteiger partial charge < -0.3 is 11.1 Å². The summed E-state index contributed by atoms with van der Waals surface area (Å²) in [6, 6.07) is 1.72. The summed E-state index contributed by atoms with van der Waals surface area (Å²) >= 11 is 4.87. The first-order valence-corrected chi connectivity index (χ1v) is 5.93. The number of aromatic nitrogens is 2. The zero-order valence-corrected chi connectivity index (χ0v) is 10.2. The Hall–Kier alpha value is -1.23. The molecule has 0 atom stereocenters. The predicted octanol–water partition coefficient (Wildman–Crippen LogP) is 1.71. The van der Waals surface area contributed by atoms with E-state index in [-0.39, 0.29) is 0 Å². The maximum absolute atomic E-state index is 5.52. The fourth-order valence-corrected chi connectivity index (χ4v) is 1.79. The summed E-state index contributed by atoms with van der Waals surface area (Å²) in [4.78, 5) is 8.71. The quantitative estimate of drug-likeness (QED) is 0.762. The minimum absolute atomic E-state index is 0.307. The number of anilines is 1. The summed E-state index contributed by atoms with van der Waals surface area (Å²) in [6.45, 7) is 3.16. The van der Waals surface area contributed by atoms with E-state index in [1.807, 2.05) is 0 Å². The Morgan fingerprint density at radius 2 is 2.38 bits per heavy atom. The van der Waals surface area contributed by atoms with Crippen LogP contribution < -0.4 is 11.1 Å². The van der Waals surface area contributed by atoms with Gasteiger partial charge in [-0.3, -0.25) is 0 Å². The molecule has 0 amide bonds. The highest BCUT2D eigenvalue weighted by Gasteiger charge is 2.40. The molecule has 1 aliphatic carbocycles. The van der Waals surface area contributed by atoms with Crippen LogP contribution in [0.2, 0.25) is 0 Å². The van der Waals surface area contributed by atoms with Crippen LogP contribution >= 0.6 is 12.2 Å². The van der Waals surface area contributed by atoms with E-state index in [0.29, 0.717) is 22.0 Å². The Kier molecular flexibility index (Phi) is 3.05. The van der Waals surface area contributed by atoms with Gasteiger partial charge >= 0.3 is 0 Å². The van der Waals surface area contributed by atoms with Crippen molar-refractivity contribution in [3.63, 3.8) is 0 Å². The van der Waals surface area contributed by atoms with Gasteiger partial charge in [-0.2, -0.15) is 0 Å². The average molecular weight is 236 g/mol. The lowest BCUT2D eigenvalue weighted by Gasteiger charge is -2.13. The van der Waals surface area contributed by atoms with Gasteiger partial charge in [0.25, 0.3) is 0 Å². The van der Waals surface area contributed by atoms with Crippen LogP contribution in [0, 0.1) is 5.41 Å². The molecule has 1 aromatic rings. The molecule has 2 rings (SSSR count). The third kappa shape index (κ3) is 2.47. The van der Waals surface area contributed by atoms with E-state index in [1.54, 1.807) is 12.3 Å². The first-order valence-electron chi connectivity index (χ1n) is 5.52. The number of thiocarbonyl (C=S) groups is 1. The van der Waals surface area contributed by atoms with Crippen LogP contribution in [0.25, 0.3) is 0 Å². The Morgan fingerprint density at radius 3 is 2.94 bits per heavy atom. The lowest BCUT2D eigenvalue weighted by molar-refractivity contribution is 0.520. The third-order valence-corrected chi connectivity index (χ3v) is 3.45. The molecule has 1 heterocycles. The largest absolute Gasteiger partial charge is 0.388 e. The number of nitrogens with two attached hydrogens (primary N) is 1. The molecule has 3 N–H and O–H groups in total. The van der Waals surface area contributed by atoms with Crippen molar-refractivity contribution in [2.75, 3.05) is 11.9 Å². The van der Waals surface area contributed by atoms with Gasteiger partial charge in [-0.1, -0.05) is 19.1 Å². The smallest absolute Gasteiger partial charge is 0.223 e. The van der Waals surface area contributed by atoms with Gasteiger partial charge in [0.1, 0.15) is 10.7 Å². The van der Waals surface area contributed by atoms with E-state index in [9.17, 15) is 0 Å². The SMILES string of the molecule is CCC1(CNc2nccc(C(N)=S)n2)CC1. The summed E-state index contributed by atoms with van der Waals surface area (Å²) in [7, 11) is 0. The molecule has 16 heavy (non-hydrogen) atoms.